The first-order chi connectivity index (χ1) is 9.51. The fraction of sp³-hybridized carbons (Fsp3) is 0.250. The van der Waals surface area contributed by atoms with E-state index in [0.717, 1.165) is 16.7 Å². The van der Waals surface area contributed by atoms with Gasteiger partial charge in [0.1, 0.15) is 5.82 Å². The van der Waals surface area contributed by atoms with Crippen LogP contribution in [0, 0.1) is 12.7 Å². The van der Waals surface area contributed by atoms with Crippen molar-refractivity contribution in [1.82, 2.24) is 5.32 Å². The summed E-state index contributed by atoms with van der Waals surface area (Å²) in [6, 6.07) is 10.2. The SMILES string of the molecule is CNC(Cc1cc(Cl)ccc1Cl)c1cc(F)ccc1C. The topological polar surface area (TPSA) is 12.0 Å². The number of aryl methyl sites for hydroxylation is 1. The molecule has 4 heteroatoms. The van der Waals surface area contributed by atoms with E-state index in [0.29, 0.717) is 16.5 Å². The van der Waals surface area contributed by atoms with Crippen LogP contribution in [0.25, 0.3) is 0 Å². The maximum atomic E-state index is 13.5. The van der Waals surface area contributed by atoms with Crippen LogP contribution < -0.4 is 5.32 Å². The van der Waals surface area contributed by atoms with Crippen LogP contribution in [-0.2, 0) is 6.42 Å². The second-order valence-corrected chi connectivity index (χ2v) is 5.63. The molecule has 0 aliphatic rings. The largest absolute Gasteiger partial charge is 0.313 e. The number of hydrogen-bond donors (Lipinski definition) is 1. The van der Waals surface area contributed by atoms with Crippen molar-refractivity contribution in [3.8, 4) is 0 Å². The average Bonchev–Trinajstić information content (AvgIpc) is 2.42. The maximum Gasteiger partial charge on any atom is 0.123 e. The van der Waals surface area contributed by atoms with Crippen molar-refractivity contribution in [1.29, 1.82) is 0 Å². The Hall–Kier alpha value is -1.09. The van der Waals surface area contributed by atoms with Gasteiger partial charge in [0.2, 0.25) is 0 Å². The van der Waals surface area contributed by atoms with Crippen molar-refractivity contribution in [2.45, 2.75) is 19.4 Å². The molecule has 1 unspecified atom stereocenters. The van der Waals surface area contributed by atoms with Gasteiger partial charge < -0.3 is 5.32 Å². The summed E-state index contributed by atoms with van der Waals surface area (Å²) >= 11 is 12.2. The van der Waals surface area contributed by atoms with Crippen LogP contribution in [0.1, 0.15) is 22.7 Å². The van der Waals surface area contributed by atoms with Gasteiger partial charge in [-0.25, -0.2) is 4.39 Å². The third-order valence-corrected chi connectivity index (χ3v) is 4.00. The van der Waals surface area contributed by atoms with Crippen LogP contribution in [0.2, 0.25) is 10.0 Å². The standard InChI is InChI=1S/C16H16Cl2FN/c1-10-3-5-13(19)9-14(10)16(20-2)8-11-7-12(17)4-6-15(11)18/h3-7,9,16,20H,8H2,1-2H3. The number of hydrogen-bond acceptors (Lipinski definition) is 1. The van der Waals surface area contributed by atoms with Gasteiger partial charge in [0.25, 0.3) is 0 Å². The molecule has 20 heavy (non-hydrogen) atoms. The smallest absolute Gasteiger partial charge is 0.123 e. The quantitative estimate of drug-likeness (QED) is 0.843. The Morgan fingerprint density at radius 3 is 2.60 bits per heavy atom. The van der Waals surface area contributed by atoms with Gasteiger partial charge in [0, 0.05) is 16.1 Å². The molecular weight excluding hydrogens is 296 g/mol. The molecule has 0 saturated heterocycles. The number of halogens is 3. The predicted octanol–water partition coefficient (Wildman–Crippen LogP) is 4.94. The van der Waals surface area contributed by atoms with Gasteiger partial charge in [-0.3, -0.25) is 0 Å². The molecule has 1 atom stereocenters. The summed E-state index contributed by atoms with van der Waals surface area (Å²) in [7, 11) is 1.85. The number of nitrogens with one attached hydrogen (secondary N) is 1. The van der Waals surface area contributed by atoms with Crippen molar-refractivity contribution >= 4 is 23.2 Å². The van der Waals surface area contributed by atoms with E-state index < -0.39 is 0 Å². The highest BCUT2D eigenvalue weighted by Gasteiger charge is 2.15. The summed E-state index contributed by atoms with van der Waals surface area (Å²) in [5.41, 5.74) is 2.93. The van der Waals surface area contributed by atoms with Gasteiger partial charge in [0.15, 0.2) is 0 Å². The van der Waals surface area contributed by atoms with Crippen LogP contribution in [0.4, 0.5) is 4.39 Å². The van der Waals surface area contributed by atoms with Gasteiger partial charge in [-0.1, -0.05) is 29.3 Å². The van der Waals surface area contributed by atoms with Gasteiger partial charge >= 0.3 is 0 Å². The molecule has 0 amide bonds. The number of benzene rings is 2. The molecule has 1 nitrogen and oxygen atoms in total. The van der Waals surface area contributed by atoms with Crippen LogP contribution in [0.3, 0.4) is 0 Å². The van der Waals surface area contributed by atoms with E-state index in [1.54, 1.807) is 24.3 Å². The molecule has 0 aliphatic heterocycles. The number of likely N-dealkylation sites (N-methyl/N-ethyl adjacent to an activating group) is 1. The Labute approximate surface area is 128 Å². The van der Waals surface area contributed by atoms with Crippen LogP contribution >= 0.6 is 23.2 Å². The summed E-state index contributed by atoms with van der Waals surface area (Å²) in [4.78, 5) is 0. The van der Waals surface area contributed by atoms with E-state index in [1.165, 1.54) is 6.07 Å². The molecule has 0 bridgehead atoms. The fourth-order valence-corrected chi connectivity index (χ4v) is 2.66. The molecule has 0 fully saturated rings. The van der Waals surface area contributed by atoms with Crippen LogP contribution in [-0.4, -0.2) is 7.05 Å². The third kappa shape index (κ3) is 3.51. The minimum absolute atomic E-state index is 0.0123. The maximum absolute atomic E-state index is 13.5. The molecule has 1 N–H and O–H groups in total. The van der Waals surface area contributed by atoms with E-state index in [4.69, 9.17) is 23.2 Å². The van der Waals surface area contributed by atoms with Crippen molar-refractivity contribution < 1.29 is 4.39 Å². The summed E-state index contributed by atoms with van der Waals surface area (Å²) in [6.07, 6.45) is 0.653. The minimum Gasteiger partial charge on any atom is -0.313 e. The van der Waals surface area contributed by atoms with Crippen molar-refractivity contribution in [3.05, 3.63) is 69.0 Å². The molecule has 2 rings (SSSR count). The Morgan fingerprint density at radius 2 is 1.90 bits per heavy atom. The highest BCUT2D eigenvalue weighted by molar-refractivity contribution is 6.33. The van der Waals surface area contributed by atoms with Crippen molar-refractivity contribution in [2.24, 2.45) is 0 Å². The average molecular weight is 312 g/mol. The highest BCUT2D eigenvalue weighted by Crippen LogP contribution is 2.27. The molecule has 0 aromatic heterocycles. The zero-order valence-corrected chi connectivity index (χ0v) is 12.9. The second-order valence-electron chi connectivity index (χ2n) is 4.78. The summed E-state index contributed by atoms with van der Waals surface area (Å²) in [5.74, 6) is -0.233. The lowest BCUT2D eigenvalue weighted by molar-refractivity contribution is 0.574. The van der Waals surface area contributed by atoms with Gasteiger partial charge in [-0.15, -0.1) is 0 Å². The Bertz CT molecular complexity index is 613. The van der Waals surface area contributed by atoms with E-state index in [9.17, 15) is 4.39 Å². The van der Waals surface area contributed by atoms with E-state index in [-0.39, 0.29) is 11.9 Å². The van der Waals surface area contributed by atoms with Gasteiger partial charge in [0.05, 0.1) is 0 Å². The Balaban J connectivity index is 2.33. The Kier molecular flexibility index (Phi) is 5.03. The lowest BCUT2D eigenvalue weighted by atomic mass is 9.95. The molecular formula is C16H16Cl2FN. The summed E-state index contributed by atoms with van der Waals surface area (Å²) < 4.78 is 13.5. The molecule has 0 aliphatic carbocycles. The lowest BCUT2D eigenvalue weighted by Crippen LogP contribution is -2.20. The van der Waals surface area contributed by atoms with Crippen molar-refractivity contribution in [3.63, 3.8) is 0 Å². The van der Waals surface area contributed by atoms with E-state index in [1.807, 2.05) is 20.0 Å². The number of rotatable bonds is 4. The zero-order chi connectivity index (χ0) is 14.7. The molecule has 2 aromatic carbocycles. The minimum atomic E-state index is -0.233. The molecule has 106 valence electrons. The first kappa shape index (κ1) is 15.3. The fourth-order valence-electron chi connectivity index (χ4n) is 2.27. The van der Waals surface area contributed by atoms with E-state index >= 15 is 0 Å². The van der Waals surface area contributed by atoms with Gasteiger partial charge in [-0.05, 0) is 67.4 Å². The second kappa shape index (κ2) is 6.57. The predicted molar refractivity (Wildman–Crippen MR) is 83.1 cm³/mol. The molecule has 2 aromatic rings. The normalized spacial score (nSPS) is 12.4. The first-order valence-corrected chi connectivity index (χ1v) is 7.14. The highest BCUT2D eigenvalue weighted by atomic mass is 35.5. The zero-order valence-electron chi connectivity index (χ0n) is 11.4. The molecule has 0 radical (unpaired) electrons. The summed E-state index contributed by atoms with van der Waals surface area (Å²) in [6.45, 7) is 1.97. The molecule has 0 saturated carbocycles. The third-order valence-electron chi connectivity index (χ3n) is 3.40. The monoisotopic (exact) mass is 311 g/mol. The van der Waals surface area contributed by atoms with Gasteiger partial charge in [-0.2, -0.15) is 0 Å². The molecule has 0 heterocycles. The van der Waals surface area contributed by atoms with Crippen LogP contribution in [0.5, 0.6) is 0 Å². The first-order valence-electron chi connectivity index (χ1n) is 6.38. The lowest BCUT2D eigenvalue weighted by Gasteiger charge is -2.20. The summed E-state index contributed by atoms with van der Waals surface area (Å²) in [5, 5.41) is 4.53. The molecule has 0 spiro atoms. The van der Waals surface area contributed by atoms with Crippen LogP contribution in [0.15, 0.2) is 36.4 Å². The Morgan fingerprint density at radius 1 is 1.15 bits per heavy atom. The van der Waals surface area contributed by atoms with Crippen molar-refractivity contribution in [2.75, 3.05) is 7.05 Å². The van der Waals surface area contributed by atoms with E-state index in [2.05, 4.69) is 5.32 Å².